The topological polar surface area (TPSA) is 49.4 Å². The number of amides is 2. The molecule has 0 radical (unpaired) electrons. The molecule has 0 heterocycles. The molecule has 1 unspecified atom stereocenters. The van der Waals surface area contributed by atoms with Gasteiger partial charge < -0.3 is 10.2 Å². The van der Waals surface area contributed by atoms with Gasteiger partial charge in [-0.25, -0.2) is 0 Å². The highest BCUT2D eigenvalue weighted by Crippen LogP contribution is 2.20. The largest absolute Gasteiger partial charge is 0.352 e. The summed E-state index contributed by atoms with van der Waals surface area (Å²) < 4.78 is 0. The van der Waals surface area contributed by atoms with Gasteiger partial charge in [-0.1, -0.05) is 79.4 Å². The zero-order valence-corrected chi connectivity index (χ0v) is 17.7. The fourth-order valence-corrected chi connectivity index (χ4v) is 4.04. The maximum Gasteiger partial charge on any atom is 0.242 e. The molecule has 0 aliphatic heterocycles. The molecule has 5 heteroatoms. The van der Waals surface area contributed by atoms with Crippen molar-refractivity contribution in [3.8, 4) is 0 Å². The van der Waals surface area contributed by atoms with E-state index in [1.54, 1.807) is 11.0 Å². The normalized spacial score (nSPS) is 15.5. The molecule has 2 aromatic rings. The van der Waals surface area contributed by atoms with Crippen LogP contribution in [-0.2, 0) is 22.6 Å². The fourth-order valence-electron chi connectivity index (χ4n) is 3.84. The standard InChI is InChI=1S/C24H29ClN2O2/c1-18(24(29)26-21-13-6-3-7-14-21)27(17-19-10-4-2-5-11-19)23(28)16-20-12-8-9-15-22(20)25/h2,4-5,8-12,15,18,21H,3,6-7,13-14,16-17H2,1H3,(H,26,29). The van der Waals surface area contributed by atoms with E-state index in [1.807, 2.05) is 55.5 Å². The first kappa shape index (κ1) is 21.4. The maximum atomic E-state index is 13.2. The van der Waals surface area contributed by atoms with Crippen LogP contribution in [0.1, 0.15) is 50.2 Å². The van der Waals surface area contributed by atoms with Crippen molar-refractivity contribution in [2.75, 3.05) is 0 Å². The molecule has 0 aromatic heterocycles. The minimum atomic E-state index is -0.549. The van der Waals surface area contributed by atoms with Crippen molar-refractivity contribution in [2.45, 2.75) is 64.1 Å². The third-order valence-corrected chi connectivity index (χ3v) is 5.98. The number of hydrogen-bond acceptors (Lipinski definition) is 2. The van der Waals surface area contributed by atoms with Crippen molar-refractivity contribution in [2.24, 2.45) is 0 Å². The van der Waals surface area contributed by atoms with Gasteiger partial charge in [0.1, 0.15) is 6.04 Å². The number of carbonyl (C=O) groups excluding carboxylic acids is 2. The average molecular weight is 413 g/mol. The Bertz CT molecular complexity index is 819. The maximum absolute atomic E-state index is 13.2. The van der Waals surface area contributed by atoms with Gasteiger partial charge in [0.15, 0.2) is 0 Å². The Hall–Kier alpha value is -2.33. The molecule has 0 spiro atoms. The quantitative estimate of drug-likeness (QED) is 0.713. The minimum Gasteiger partial charge on any atom is -0.352 e. The summed E-state index contributed by atoms with van der Waals surface area (Å²) in [7, 11) is 0. The summed E-state index contributed by atoms with van der Waals surface area (Å²) in [5.41, 5.74) is 1.77. The highest BCUT2D eigenvalue weighted by molar-refractivity contribution is 6.31. The summed E-state index contributed by atoms with van der Waals surface area (Å²) >= 11 is 6.25. The number of halogens is 1. The van der Waals surface area contributed by atoms with Crippen LogP contribution in [-0.4, -0.2) is 28.8 Å². The smallest absolute Gasteiger partial charge is 0.242 e. The summed E-state index contributed by atoms with van der Waals surface area (Å²) in [5.74, 6) is -0.186. The zero-order chi connectivity index (χ0) is 20.6. The summed E-state index contributed by atoms with van der Waals surface area (Å²) in [4.78, 5) is 27.8. The van der Waals surface area contributed by atoms with Crippen LogP contribution in [0.25, 0.3) is 0 Å². The van der Waals surface area contributed by atoms with Crippen molar-refractivity contribution >= 4 is 23.4 Å². The second-order valence-electron chi connectivity index (χ2n) is 7.79. The molecule has 1 aliphatic carbocycles. The predicted molar refractivity (Wildman–Crippen MR) is 117 cm³/mol. The SMILES string of the molecule is CC(C(=O)NC1CCCCC1)N(Cc1ccccc1)C(=O)Cc1ccccc1Cl. The molecular formula is C24H29ClN2O2. The van der Waals surface area contributed by atoms with Crippen LogP contribution in [0.5, 0.6) is 0 Å². The Kier molecular flexibility index (Phi) is 7.70. The molecule has 1 fully saturated rings. The Morgan fingerprint density at radius 1 is 1.03 bits per heavy atom. The highest BCUT2D eigenvalue weighted by atomic mass is 35.5. The van der Waals surface area contributed by atoms with E-state index in [-0.39, 0.29) is 24.3 Å². The second-order valence-corrected chi connectivity index (χ2v) is 8.20. The van der Waals surface area contributed by atoms with Gasteiger partial charge >= 0.3 is 0 Å². The van der Waals surface area contributed by atoms with E-state index in [2.05, 4.69) is 5.32 Å². The number of hydrogen-bond donors (Lipinski definition) is 1. The first-order chi connectivity index (χ1) is 14.0. The lowest BCUT2D eigenvalue weighted by atomic mass is 9.95. The van der Waals surface area contributed by atoms with E-state index in [0.717, 1.165) is 36.8 Å². The number of nitrogens with zero attached hydrogens (tertiary/aromatic N) is 1. The van der Waals surface area contributed by atoms with Crippen molar-refractivity contribution in [1.29, 1.82) is 0 Å². The van der Waals surface area contributed by atoms with Gasteiger partial charge in [-0.3, -0.25) is 9.59 Å². The summed E-state index contributed by atoms with van der Waals surface area (Å²) in [5, 5.41) is 3.73. The molecule has 1 N–H and O–H groups in total. The highest BCUT2D eigenvalue weighted by Gasteiger charge is 2.28. The molecule has 1 saturated carbocycles. The van der Waals surface area contributed by atoms with Crippen LogP contribution in [0, 0.1) is 0 Å². The van der Waals surface area contributed by atoms with Crippen molar-refractivity contribution in [1.82, 2.24) is 10.2 Å². The van der Waals surface area contributed by atoms with Crippen LogP contribution >= 0.6 is 11.6 Å². The molecule has 0 bridgehead atoms. The lowest BCUT2D eigenvalue weighted by Crippen LogP contribution is -2.50. The fraction of sp³-hybridized carbons (Fsp3) is 0.417. The molecule has 2 amide bonds. The molecular weight excluding hydrogens is 384 g/mol. The first-order valence-electron chi connectivity index (χ1n) is 10.4. The van der Waals surface area contributed by atoms with E-state index in [9.17, 15) is 9.59 Å². The third kappa shape index (κ3) is 6.07. The van der Waals surface area contributed by atoms with Gasteiger partial charge in [-0.05, 0) is 37.0 Å². The van der Waals surface area contributed by atoms with Gasteiger partial charge in [-0.2, -0.15) is 0 Å². The van der Waals surface area contributed by atoms with Gasteiger partial charge in [-0.15, -0.1) is 0 Å². The van der Waals surface area contributed by atoms with Crippen molar-refractivity contribution < 1.29 is 9.59 Å². The third-order valence-electron chi connectivity index (χ3n) is 5.61. The number of rotatable bonds is 7. The van der Waals surface area contributed by atoms with Gasteiger partial charge in [0, 0.05) is 17.6 Å². The van der Waals surface area contributed by atoms with Crippen molar-refractivity contribution in [3.63, 3.8) is 0 Å². The average Bonchev–Trinajstić information content (AvgIpc) is 2.74. The van der Waals surface area contributed by atoms with Crippen LogP contribution in [0.2, 0.25) is 5.02 Å². The molecule has 1 aliphatic rings. The zero-order valence-electron chi connectivity index (χ0n) is 16.9. The second kappa shape index (κ2) is 10.4. The van der Waals surface area contributed by atoms with Crippen LogP contribution in [0.3, 0.4) is 0 Å². The van der Waals surface area contributed by atoms with Crippen LogP contribution < -0.4 is 5.32 Å². The van der Waals surface area contributed by atoms with Gasteiger partial charge in [0.2, 0.25) is 11.8 Å². The Morgan fingerprint density at radius 3 is 2.38 bits per heavy atom. The van der Waals surface area contributed by atoms with E-state index in [1.165, 1.54) is 6.42 Å². The summed E-state index contributed by atoms with van der Waals surface area (Å²) in [6.07, 6.45) is 5.75. The minimum absolute atomic E-state index is 0.0830. The molecule has 29 heavy (non-hydrogen) atoms. The Labute approximate surface area is 178 Å². The number of carbonyl (C=O) groups is 2. The van der Waals surface area contributed by atoms with Crippen LogP contribution in [0.4, 0.5) is 0 Å². The predicted octanol–water partition coefficient (Wildman–Crippen LogP) is 4.75. The molecule has 0 saturated heterocycles. The molecule has 154 valence electrons. The molecule has 4 nitrogen and oxygen atoms in total. The molecule has 2 aromatic carbocycles. The van der Waals surface area contributed by atoms with Gasteiger partial charge in [0.05, 0.1) is 6.42 Å². The number of benzene rings is 2. The van der Waals surface area contributed by atoms with E-state index in [0.29, 0.717) is 11.6 Å². The number of nitrogens with one attached hydrogen (secondary N) is 1. The van der Waals surface area contributed by atoms with E-state index < -0.39 is 6.04 Å². The van der Waals surface area contributed by atoms with E-state index >= 15 is 0 Å². The molecule has 3 rings (SSSR count). The van der Waals surface area contributed by atoms with Crippen molar-refractivity contribution in [3.05, 3.63) is 70.7 Å². The Morgan fingerprint density at radius 2 is 1.69 bits per heavy atom. The first-order valence-corrected chi connectivity index (χ1v) is 10.8. The lowest BCUT2D eigenvalue weighted by Gasteiger charge is -2.31. The monoisotopic (exact) mass is 412 g/mol. The van der Waals surface area contributed by atoms with E-state index in [4.69, 9.17) is 11.6 Å². The Balaban J connectivity index is 1.75. The summed E-state index contributed by atoms with van der Waals surface area (Å²) in [6.45, 7) is 2.20. The lowest BCUT2D eigenvalue weighted by molar-refractivity contribution is -0.140. The molecule has 1 atom stereocenters. The summed E-state index contributed by atoms with van der Waals surface area (Å²) in [6, 6.07) is 16.8. The van der Waals surface area contributed by atoms with Crippen LogP contribution in [0.15, 0.2) is 54.6 Å². The van der Waals surface area contributed by atoms with Gasteiger partial charge in [0.25, 0.3) is 0 Å².